The number of rotatable bonds is 2. The minimum atomic E-state index is -0.163. The van der Waals surface area contributed by atoms with E-state index in [4.69, 9.17) is 0 Å². The van der Waals surface area contributed by atoms with Crippen LogP contribution in [0.5, 0.6) is 0 Å². The van der Waals surface area contributed by atoms with Gasteiger partial charge in [0.2, 0.25) is 0 Å². The van der Waals surface area contributed by atoms with E-state index in [0.717, 1.165) is 37.5 Å². The van der Waals surface area contributed by atoms with Gasteiger partial charge in [-0.15, -0.1) is 11.3 Å². The molecule has 1 aliphatic heterocycles. The van der Waals surface area contributed by atoms with Gasteiger partial charge in [0, 0.05) is 21.2 Å². The number of amides is 2. The molecule has 1 aliphatic rings. The summed E-state index contributed by atoms with van der Waals surface area (Å²) in [6, 6.07) is 22.2. The third-order valence-electron chi connectivity index (χ3n) is 5.45. The first-order valence-corrected chi connectivity index (χ1v) is 11.4. The smallest absolute Gasteiger partial charge is 0.318 e. The molecule has 0 aliphatic carbocycles. The normalized spacial score (nSPS) is 15.3. The molecule has 0 spiro atoms. The molecule has 0 unspecified atom stereocenters. The number of nitrogens with one attached hydrogen (secondary N) is 1. The van der Waals surface area contributed by atoms with Crippen LogP contribution in [0.4, 0.5) is 10.5 Å². The number of hydrogen-bond donors (Lipinski definition) is 1. The van der Waals surface area contributed by atoms with E-state index in [0.29, 0.717) is 6.54 Å². The maximum atomic E-state index is 13.6. The van der Waals surface area contributed by atoms with E-state index in [2.05, 4.69) is 61.7 Å². The van der Waals surface area contributed by atoms with Crippen LogP contribution in [-0.4, -0.2) is 15.5 Å². The van der Waals surface area contributed by atoms with E-state index >= 15 is 0 Å². The zero-order valence-corrected chi connectivity index (χ0v) is 18.8. The summed E-state index contributed by atoms with van der Waals surface area (Å²) in [7, 11) is 0. The number of thiophene rings is 1. The largest absolute Gasteiger partial charge is 0.323 e. The fourth-order valence-electron chi connectivity index (χ4n) is 4.00. The lowest BCUT2D eigenvalue weighted by Crippen LogP contribution is -2.37. The first-order chi connectivity index (χ1) is 14.6. The van der Waals surface area contributed by atoms with Crippen LogP contribution in [0.3, 0.4) is 0 Å². The van der Waals surface area contributed by atoms with Gasteiger partial charge < -0.3 is 14.8 Å². The number of para-hydroxylation sites is 1. The molecule has 0 saturated carbocycles. The number of halogens is 1. The third-order valence-corrected chi connectivity index (χ3v) is 7.26. The molecular formula is C24H20BrN3OS. The average Bonchev–Trinajstić information content (AvgIpc) is 3.42. The Hall–Kier alpha value is -2.83. The lowest BCUT2D eigenvalue weighted by Gasteiger charge is -2.30. The monoisotopic (exact) mass is 477 g/mol. The first kappa shape index (κ1) is 19.2. The second-order valence-corrected chi connectivity index (χ2v) is 9.21. The van der Waals surface area contributed by atoms with E-state index in [1.807, 2.05) is 54.3 Å². The van der Waals surface area contributed by atoms with Gasteiger partial charge in [-0.2, -0.15) is 0 Å². The van der Waals surface area contributed by atoms with Crippen LogP contribution >= 0.6 is 27.3 Å². The first-order valence-electron chi connectivity index (χ1n) is 9.74. The van der Waals surface area contributed by atoms with E-state index in [1.165, 1.54) is 0 Å². The van der Waals surface area contributed by atoms with Crippen LogP contribution in [0.1, 0.15) is 27.7 Å². The number of benzene rings is 2. The Kier molecular flexibility index (Phi) is 4.97. The number of nitrogens with zero attached hydrogens (tertiary/aromatic N) is 2. The molecule has 150 valence electrons. The summed E-state index contributed by atoms with van der Waals surface area (Å²) < 4.78 is 3.23. The van der Waals surface area contributed by atoms with Gasteiger partial charge >= 0.3 is 6.03 Å². The molecular weight excluding hydrogens is 458 g/mol. The van der Waals surface area contributed by atoms with Gasteiger partial charge in [-0.1, -0.05) is 40.2 Å². The van der Waals surface area contributed by atoms with Crippen molar-refractivity contribution in [1.29, 1.82) is 0 Å². The molecule has 2 aromatic heterocycles. The average molecular weight is 478 g/mol. The number of hydrogen-bond acceptors (Lipinski definition) is 2. The van der Waals surface area contributed by atoms with Gasteiger partial charge in [0.1, 0.15) is 6.04 Å². The second kappa shape index (κ2) is 7.78. The summed E-state index contributed by atoms with van der Waals surface area (Å²) >= 11 is 5.20. The Bertz CT molecular complexity index is 1210. The Morgan fingerprint density at radius 2 is 1.97 bits per heavy atom. The molecule has 0 bridgehead atoms. The van der Waals surface area contributed by atoms with Crippen molar-refractivity contribution < 1.29 is 4.79 Å². The van der Waals surface area contributed by atoms with Crippen LogP contribution in [0.15, 0.2) is 82.8 Å². The Balaban J connectivity index is 1.60. The Morgan fingerprint density at radius 1 is 1.10 bits per heavy atom. The van der Waals surface area contributed by atoms with E-state index in [1.54, 1.807) is 11.3 Å². The number of fused-ring (bicyclic) bond motifs is 3. The van der Waals surface area contributed by atoms with E-state index in [-0.39, 0.29) is 12.1 Å². The second-order valence-electron chi connectivity index (χ2n) is 7.37. The molecule has 30 heavy (non-hydrogen) atoms. The van der Waals surface area contributed by atoms with Crippen molar-refractivity contribution in [3.05, 3.63) is 104 Å². The maximum Gasteiger partial charge on any atom is 0.323 e. The SMILES string of the molecule is Cc1cc(NC(=O)N2Cc3ccccc3-n3cccc3[C@H]2c2cccs2)ccc1Br. The van der Waals surface area contributed by atoms with Gasteiger partial charge in [0.05, 0.1) is 17.9 Å². The molecule has 0 saturated heterocycles. The highest BCUT2D eigenvalue weighted by molar-refractivity contribution is 9.10. The van der Waals surface area contributed by atoms with Gasteiger partial charge in [-0.3, -0.25) is 0 Å². The van der Waals surface area contributed by atoms with Crippen molar-refractivity contribution in [2.75, 3.05) is 5.32 Å². The number of carbonyl (C=O) groups excluding carboxylic acids is 1. The molecule has 2 amide bonds. The summed E-state index contributed by atoms with van der Waals surface area (Å²) in [6.45, 7) is 2.55. The standard InChI is InChI=1S/C24H20BrN3OS/c1-16-14-18(10-11-19(16)25)26-24(29)28-15-17-6-2-3-7-20(17)27-12-4-8-21(27)23(28)22-9-5-13-30-22/h2-14,23H,15H2,1H3,(H,26,29)/t23-/m0/s1. The summed E-state index contributed by atoms with van der Waals surface area (Å²) in [4.78, 5) is 16.6. The van der Waals surface area contributed by atoms with Crippen LogP contribution in [0.25, 0.3) is 5.69 Å². The topological polar surface area (TPSA) is 37.3 Å². The predicted molar refractivity (Wildman–Crippen MR) is 125 cm³/mol. The van der Waals surface area contributed by atoms with E-state index in [9.17, 15) is 4.79 Å². The summed E-state index contributed by atoms with van der Waals surface area (Å²) in [5, 5.41) is 5.18. The molecule has 2 aromatic carbocycles. The van der Waals surface area contributed by atoms with Crippen molar-refractivity contribution in [3.8, 4) is 5.69 Å². The molecule has 0 fully saturated rings. The van der Waals surface area contributed by atoms with Crippen molar-refractivity contribution >= 4 is 39.0 Å². The highest BCUT2D eigenvalue weighted by Gasteiger charge is 2.33. The molecule has 5 rings (SSSR count). The van der Waals surface area contributed by atoms with Crippen molar-refractivity contribution in [3.63, 3.8) is 0 Å². The summed E-state index contributed by atoms with van der Waals surface area (Å²) in [5.74, 6) is 0. The van der Waals surface area contributed by atoms with Crippen molar-refractivity contribution in [2.45, 2.75) is 19.5 Å². The minimum Gasteiger partial charge on any atom is -0.318 e. The van der Waals surface area contributed by atoms with Gasteiger partial charge in [0.25, 0.3) is 0 Å². The van der Waals surface area contributed by atoms with Gasteiger partial charge in [-0.25, -0.2) is 4.79 Å². The quantitative estimate of drug-likeness (QED) is 0.340. The van der Waals surface area contributed by atoms with Gasteiger partial charge in [0.15, 0.2) is 0 Å². The van der Waals surface area contributed by atoms with Crippen LogP contribution < -0.4 is 5.32 Å². The summed E-state index contributed by atoms with van der Waals surface area (Å²) in [5.41, 5.74) is 5.20. The molecule has 1 atom stereocenters. The number of aryl methyl sites for hydroxylation is 1. The zero-order chi connectivity index (χ0) is 20.7. The lowest BCUT2D eigenvalue weighted by molar-refractivity contribution is 0.195. The van der Waals surface area contributed by atoms with Gasteiger partial charge in [-0.05, 0) is 65.9 Å². The van der Waals surface area contributed by atoms with Crippen molar-refractivity contribution in [1.82, 2.24) is 9.47 Å². The van der Waals surface area contributed by atoms with E-state index < -0.39 is 0 Å². The highest BCUT2D eigenvalue weighted by atomic mass is 79.9. The molecule has 0 radical (unpaired) electrons. The number of aromatic nitrogens is 1. The molecule has 3 heterocycles. The lowest BCUT2D eigenvalue weighted by atomic mass is 10.1. The highest BCUT2D eigenvalue weighted by Crippen LogP contribution is 2.38. The van der Waals surface area contributed by atoms with Crippen LogP contribution in [0.2, 0.25) is 0 Å². The fraction of sp³-hybridized carbons (Fsp3) is 0.125. The molecule has 4 nitrogen and oxygen atoms in total. The zero-order valence-electron chi connectivity index (χ0n) is 16.4. The third kappa shape index (κ3) is 3.36. The number of urea groups is 1. The Morgan fingerprint density at radius 3 is 2.77 bits per heavy atom. The number of anilines is 1. The maximum absolute atomic E-state index is 13.6. The Labute approximate surface area is 187 Å². The van der Waals surface area contributed by atoms with Crippen LogP contribution in [-0.2, 0) is 6.54 Å². The molecule has 4 aromatic rings. The molecule has 6 heteroatoms. The van der Waals surface area contributed by atoms with Crippen molar-refractivity contribution in [2.24, 2.45) is 0 Å². The summed E-state index contributed by atoms with van der Waals surface area (Å²) in [6.07, 6.45) is 2.08. The fourth-order valence-corrected chi connectivity index (χ4v) is 5.10. The van der Waals surface area contributed by atoms with Crippen LogP contribution in [0, 0.1) is 6.92 Å². The minimum absolute atomic E-state index is 0.112. The predicted octanol–water partition coefficient (Wildman–Crippen LogP) is 6.75. The number of carbonyl (C=O) groups is 1. The molecule has 1 N–H and O–H groups in total.